The maximum atomic E-state index is 14.0. The third kappa shape index (κ3) is 3.03. The Morgan fingerprint density at radius 2 is 1.91 bits per heavy atom. The minimum absolute atomic E-state index is 0.101. The third-order valence-corrected chi connectivity index (χ3v) is 6.91. The molecular formula is C25H20F3N5O. The van der Waals surface area contributed by atoms with E-state index in [4.69, 9.17) is 0 Å². The van der Waals surface area contributed by atoms with Crippen LogP contribution in [-0.4, -0.2) is 36.6 Å². The van der Waals surface area contributed by atoms with Crippen molar-refractivity contribution in [2.24, 2.45) is 7.05 Å². The van der Waals surface area contributed by atoms with Gasteiger partial charge in [-0.25, -0.2) is 13.2 Å². The van der Waals surface area contributed by atoms with E-state index < -0.39 is 17.5 Å². The van der Waals surface area contributed by atoms with Gasteiger partial charge in [-0.3, -0.25) is 19.4 Å². The van der Waals surface area contributed by atoms with Crippen molar-refractivity contribution in [2.75, 3.05) is 0 Å². The van der Waals surface area contributed by atoms with Gasteiger partial charge in [0, 0.05) is 48.2 Å². The smallest absolute Gasteiger partial charge is 0.258 e. The van der Waals surface area contributed by atoms with E-state index >= 15 is 0 Å². The predicted molar refractivity (Wildman–Crippen MR) is 118 cm³/mol. The lowest BCUT2D eigenvalue weighted by molar-refractivity contribution is 0.0393. The molecule has 34 heavy (non-hydrogen) atoms. The molecular weight excluding hydrogens is 443 g/mol. The molecule has 1 saturated heterocycles. The van der Waals surface area contributed by atoms with Crippen molar-refractivity contribution >= 4 is 16.8 Å². The van der Waals surface area contributed by atoms with Crippen LogP contribution >= 0.6 is 0 Å². The molecule has 2 aliphatic rings. The van der Waals surface area contributed by atoms with Gasteiger partial charge in [-0.15, -0.1) is 0 Å². The van der Waals surface area contributed by atoms with Gasteiger partial charge in [0.1, 0.15) is 0 Å². The molecule has 0 unspecified atom stereocenters. The van der Waals surface area contributed by atoms with E-state index in [-0.39, 0.29) is 23.6 Å². The maximum absolute atomic E-state index is 14.0. The molecule has 2 bridgehead atoms. The van der Waals surface area contributed by atoms with Crippen LogP contribution < -0.4 is 0 Å². The molecule has 6 nitrogen and oxygen atoms in total. The van der Waals surface area contributed by atoms with Crippen LogP contribution in [0.4, 0.5) is 13.2 Å². The van der Waals surface area contributed by atoms with Crippen LogP contribution in [-0.2, 0) is 13.5 Å². The summed E-state index contributed by atoms with van der Waals surface area (Å²) in [4.78, 5) is 24.3. The van der Waals surface area contributed by atoms with Gasteiger partial charge in [0.25, 0.3) is 5.91 Å². The van der Waals surface area contributed by atoms with E-state index in [1.807, 2.05) is 11.0 Å². The lowest BCUT2D eigenvalue weighted by atomic mass is 9.81. The summed E-state index contributed by atoms with van der Waals surface area (Å²) in [6, 6.07) is 5.29. The molecule has 0 spiro atoms. The first-order valence-electron chi connectivity index (χ1n) is 11.2. The number of halogens is 3. The number of fused-ring (bicyclic) bond motifs is 5. The number of hydrogen-bond acceptors (Lipinski definition) is 4. The molecule has 0 saturated carbocycles. The number of rotatable bonds is 2. The molecule has 1 fully saturated rings. The maximum Gasteiger partial charge on any atom is 0.258 e. The number of amides is 1. The highest BCUT2D eigenvalue weighted by Gasteiger charge is 2.44. The van der Waals surface area contributed by atoms with E-state index in [0.717, 1.165) is 42.3 Å². The average molecular weight is 463 g/mol. The first-order valence-corrected chi connectivity index (χ1v) is 11.2. The van der Waals surface area contributed by atoms with Crippen molar-refractivity contribution in [3.05, 3.63) is 77.1 Å². The predicted octanol–water partition coefficient (Wildman–Crippen LogP) is 4.74. The van der Waals surface area contributed by atoms with Crippen LogP contribution in [0.1, 0.15) is 46.9 Å². The monoisotopic (exact) mass is 463 g/mol. The summed E-state index contributed by atoms with van der Waals surface area (Å²) in [7, 11) is 1.70. The zero-order valence-corrected chi connectivity index (χ0v) is 18.3. The Labute approximate surface area is 193 Å². The Kier molecular flexibility index (Phi) is 4.68. The summed E-state index contributed by atoms with van der Waals surface area (Å²) in [5, 5.41) is 5.46. The number of carbonyl (C=O) groups is 1. The molecule has 172 valence electrons. The fraction of sp³-hybridized carbons (Fsp3) is 0.280. The molecule has 2 aliphatic heterocycles. The van der Waals surface area contributed by atoms with Gasteiger partial charge in [0.05, 0.1) is 28.5 Å². The average Bonchev–Trinajstić information content (AvgIpc) is 3.16. The van der Waals surface area contributed by atoms with Crippen molar-refractivity contribution in [1.82, 2.24) is 24.6 Å². The van der Waals surface area contributed by atoms with Crippen LogP contribution in [0.2, 0.25) is 0 Å². The van der Waals surface area contributed by atoms with Gasteiger partial charge in [-0.1, -0.05) is 0 Å². The minimum atomic E-state index is -1.49. The molecule has 4 aromatic rings. The quantitative estimate of drug-likeness (QED) is 0.403. The van der Waals surface area contributed by atoms with Crippen molar-refractivity contribution in [3.8, 4) is 11.3 Å². The highest BCUT2D eigenvalue weighted by molar-refractivity contribution is 6.05. The highest BCUT2D eigenvalue weighted by atomic mass is 19.2. The number of pyridine rings is 2. The molecule has 1 aromatic carbocycles. The third-order valence-electron chi connectivity index (χ3n) is 6.91. The summed E-state index contributed by atoms with van der Waals surface area (Å²) in [5.41, 5.74) is 3.38. The fourth-order valence-electron chi connectivity index (χ4n) is 5.50. The van der Waals surface area contributed by atoms with Gasteiger partial charge in [-0.05, 0) is 49.9 Å². The van der Waals surface area contributed by atoms with E-state index in [2.05, 4.69) is 15.1 Å². The molecule has 9 heteroatoms. The second-order valence-corrected chi connectivity index (χ2v) is 8.87. The van der Waals surface area contributed by atoms with Gasteiger partial charge in [0.15, 0.2) is 17.5 Å². The Morgan fingerprint density at radius 3 is 2.71 bits per heavy atom. The SMILES string of the molecule is Cn1nc2c(c1-c1cc(F)c(F)c(F)c1)C[C@@H]1CCC[C@H]2N1C(=O)c1cncc2cccnc12. The van der Waals surface area contributed by atoms with Crippen LogP contribution in [0, 0.1) is 17.5 Å². The van der Waals surface area contributed by atoms with Crippen LogP contribution in [0.15, 0.2) is 42.9 Å². The molecule has 0 aliphatic carbocycles. The lowest BCUT2D eigenvalue weighted by Crippen LogP contribution is -2.50. The Balaban J connectivity index is 1.46. The van der Waals surface area contributed by atoms with Gasteiger partial charge in [-0.2, -0.15) is 5.10 Å². The van der Waals surface area contributed by atoms with Gasteiger partial charge in [0.2, 0.25) is 0 Å². The van der Waals surface area contributed by atoms with Crippen LogP contribution in [0.3, 0.4) is 0 Å². The topological polar surface area (TPSA) is 63.9 Å². The standard InChI is InChI=1S/C25H20F3N5O/c1-32-24(14-8-18(26)21(28)19(27)9-14)16-10-15-5-2-6-20(23(16)31-32)33(15)25(34)17-12-29-11-13-4-3-7-30-22(13)17/h3-4,7-9,11-12,15,20H,2,5-6,10H2,1H3/t15-,20+/m0/s1. The lowest BCUT2D eigenvalue weighted by Gasteiger charge is -2.45. The molecule has 1 amide bonds. The number of piperidine rings is 1. The van der Waals surface area contributed by atoms with Gasteiger partial charge >= 0.3 is 0 Å². The normalized spacial score (nSPS) is 19.4. The minimum Gasteiger partial charge on any atom is -0.327 e. The Hall–Kier alpha value is -3.75. The fourth-order valence-corrected chi connectivity index (χ4v) is 5.50. The van der Waals surface area contributed by atoms with Crippen molar-refractivity contribution in [1.29, 1.82) is 0 Å². The van der Waals surface area contributed by atoms with Crippen LogP contribution in [0.5, 0.6) is 0 Å². The van der Waals surface area contributed by atoms with E-state index in [9.17, 15) is 18.0 Å². The molecule has 0 radical (unpaired) electrons. The molecule has 3 aromatic heterocycles. The Bertz CT molecular complexity index is 1440. The number of hydrogen-bond donors (Lipinski definition) is 0. The van der Waals surface area contributed by atoms with Crippen LogP contribution in [0.25, 0.3) is 22.2 Å². The zero-order chi connectivity index (χ0) is 23.6. The second-order valence-electron chi connectivity index (χ2n) is 8.87. The van der Waals surface area contributed by atoms with Crippen molar-refractivity contribution in [2.45, 2.75) is 37.8 Å². The summed E-state index contributed by atoms with van der Waals surface area (Å²) >= 11 is 0. The molecule has 0 N–H and O–H groups in total. The summed E-state index contributed by atoms with van der Waals surface area (Å²) in [5.74, 6) is -4.13. The number of nitrogens with zero attached hydrogens (tertiary/aromatic N) is 5. The first kappa shape index (κ1) is 20.8. The zero-order valence-electron chi connectivity index (χ0n) is 18.3. The number of aromatic nitrogens is 4. The first-order chi connectivity index (χ1) is 16.4. The number of benzene rings is 1. The molecule has 6 rings (SSSR count). The van der Waals surface area contributed by atoms with Crippen molar-refractivity contribution in [3.63, 3.8) is 0 Å². The van der Waals surface area contributed by atoms with E-state index in [1.54, 1.807) is 36.4 Å². The number of aryl methyl sites for hydroxylation is 1. The summed E-state index contributed by atoms with van der Waals surface area (Å²) < 4.78 is 43.1. The molecule has 2 atom stereocenters. The van der Waals surface area contributed by atoms with Crippen molar-refractivity contribution < 1.29 is 18.0 Å². The van der Waals surface area contributed by atoms with Gasteiger partial charge < -0.3 is 4.90 Å². The van der Waals surface area contributed by atoms with E-state index in [0.29, 0.717) is 28.9 Å². The highest BCUT2D eigenvalue weighted by Crippen LogP contribution is 2.45. The molecule has 5 heterocycles. The van der Waals surface area contributed by atoms with E-state index in [1.165, 1.54) is 0 Å². The number of carbonyl (C=O) groups excluding carboxylic acids is 1. The summed E-state index contributed by atoms with van der Waals surface area (Å²) in [6.07, 6.45) is 7.85. The largest absolute Gasteiger partial charge is 0.327 e. The summed E-state index contributed by atoms with van der Waals surface area (Å²) in [6.45, 7) is 0. The Morgan fingerprint density at radius 1 is 1.12 bits per heavy atom. The second kappa shape index (κ2) is 7.65.